The number of allylic oxidation sites excluding steroid dienone is 2. The summed E-state index contributed by atoms with van der Waals surface area (Å²) in [4.78, 5) is 0. The molecular formula is C6H12ClN3O3S. The van der Waals surface area contributed by atoms with Crippen molar-refractivity contribution in [1.82, 2.24) is 5.01 Å². The Morgan fingerprint density at radius 3 is 2.36 bits per heavy atom. The van der Waals surface area contributed by atoms with Gasteiger partial charge in [-0.2, -0.15) is 8.42 Å². The Labute approximate surface area is 87.5 Å². The molecule has 5 N–H and O–H groups in total. The van der Waals surface area contributed by atoms with Crippen LogP contribution in [0.2, 0.25) is 0 Å². The summed E-state index contributed by atoms with van der Waals surface area (Å²) in [7, 11) is -3.67. The normalized spacial score (nSPS) is 21.1. The van der Waals surface area contributed by atoms with Crippen molar-refractivity contribution in [1.29, 1.82) is 0 Å². The van der Waals surface area contributed by atoms with E-state index in [4.69, 9.17) is 27.7 Å². The smallest absolute Gasteiger partial charge is 0.261 e. The number of hydrogen-bond donors (Lipinski definition) is 3. The lowest BCUT2D eigenvalue weighted by molar-refractivity contribution is 0.333. The summed E-state index contributed by atoms with van der Waals surface area (Å²) in [6.07, 6.45) is 5.49. The molecule has 1 aliphatic rings. The van der Waals surface area contributed by atoms with Crippen LogP contribution in [0, 0.1) is 0 Å². The van der Waals surface area contributed by atoms with Crippen molar-refractivity contribution >= 4 is 21.7 Å². The second-order valence-corrected chi connectivity index (χ2v) is 4.45. The van der Waals surface area contributed by atoms with E-state index in [2.05, 4.69) is 0 Å². The van der Waals surface area contributed by atoms with Gasteiger partial charge in [-0.15, -0.1) is 0 Å². The van der Waals surface area contributed by atoms with E-state index in [0.717, 1.165) is 0 Å². The van der Waals surface area contributed by atoms with E-state index in [1.165, 1.54) is 5.01 Å². The number of nitrogens with zero attached hydrogens (tertiary/aromatic N) is 1. The molecule has 0 aromatic carbocycles. The van der Waals surface area contributed by atoms with Gasteiger partial charge in [0.15, 0.2) is 0 Å². The van der Waals surface area contributed by atoms with Crippen molar-refractivity contribution in [2.24, 2.45) is 11.6 Å². The summed E-state index contributed by atoms with van der Waals surface area (Å²) < 4.78 is 25.9. The Kier molecular flexibility index (Phi) is 5.09. The maximum Gasteiger partial charge on any atom is 0.261 e. The molecule has 0 saturated carbocycles. The Balaban J connectivity index is 0.000000292. The molecule has 6 nitrogen and oxygen atoms in total. The van der Waals surface area contributed by atoms with E-state index in [-0.39, 0.29) is 6.17 Å². The first-order valence-electron chi connectivity index (χ1n) is 3.47. The number of rotatable bonds is 0. The Morgan fingerprint density at radius 2 is 2.07 bits per heavy atom. The van der Waals surface area contributed by atoms with E-state index >= 15 is 0 Å². The molecule has 1 atom stereocenters. The molecule has 0 spiro atoms. The molecule has 0 aliphatic carbocycles. The van der Waals surface area contributed by atoms with Crippen LogP contribution in [0.4, 0.5) is 0 Å². The van der Waals surface area contributed by atoms with Gasteiger partial charge in [-0.25, -0.2) is 5.84 Å². The number of halogens is 1. The first-order valence-corrected chi connectivity index (χ1v) is 5.69. The zero-order valence-electron chi connectivity index (χ0n) is 7.46. The second kappa shape index (κ2) is 5.32. The molecule has 0 bridgehead atoms. The summed E-state index contributed by atoms with van der Waals surface area (Å²) >= 11 is 5.57. The summed E-state index contributed by atoms with van der Waals surface area (Å²) in [5, 5.41) is 1.95. The van der Waals surface area contributed by atoms with E-state index in [9.17, 15) is 8.42 Å². The minimum atomic E-state index is -3.67. The van der Waals surface area contributed by atoms with Crippen molar-refractivity contribution in [3.8, 4) is 0 Å². The fourth-order valence-electron chi connectivity index (χ4n) is 0.561. The van der Waals surface area contributed by atoms with Crippen molar-refractivity contribution < 1.29 is 13.0 Å². The van der Waals surface area contributed by atoms with Crippen LogP contribution in [0.15, 0.2) is 23.4 Å². The lowest BCUT2D eigenvalue weighted by atomic mass is 10.3. The third-order valence-corrected chi connectivity index (χ3v) is 1.29. The van der Waals surface area contributed by atoms with Gasteiger partial charge in [0.2, 0.25) is 0 Å². The van der Waals surface area contributed by atoms with Gasteiger partial charge in [0.1, 0.15) is 6.17 Å². The highest BCUT2D eigenvalue weighted by Gasteiger charge is 2.06. The second-order valence-electron chi connectivity index (χ2n) is 2.54. The standard InChI is InChI=1S/C5H8ClN3.CH4O3S/c6-4-1-2-5(7)9(8)3-4;1-5(2,3)4/h1-3,5H,7-8H2;1H3,(H,2,3,4). The van der Waals surface area contributed by atoms with Gasteiger partial charge in [-0.1, -0.05) is 11.6 Å². The third kappa shape index (κ3) is 8.02. The number of hydrazine groups is 1. The predicted octanol–water partition coefficient (Wildman–Crippen LogP) is -0.399. The molecule has 1 aliphatic heterocycles. The van der Waals surface area contributed by atoms with Crippen LogP contribution in [-0.2, 0) is 10.1 Å². The highest BCUT2D eigenvalue weighted by molar-refractivity contribution is 7.85. The van der Waals surface area contributed by atoms with Gasteiger partial charge >= 0.3 is 0 Å². The van der Waals surface area contributed by atoms with E-state index < -0.39 is 10.1 Å². The summed E-state index contributed by atoms with van der Waals surface area (Å²) in [6, 6.07) is 0. The number of hydrogen-bond acceptors (Lipinski definition) is 5. The molecule has 1 heterocycles. The van der Waals surface area contributed by atoms with Crippen LogP contribution >= 0.6 is 11.6 Å². The van der Waals surface area contributed by atoms with Gasteiger partial charge in [0.05, 0.1) is 11.3 Å². The molecule has 1 unspecified atom stereocenters. The van der Waals surface area contributed by atoms with Gasteiger partial charge < -0.3 is 5.73 Å². The van der Waals surface area contributed by atoms with Crippen molar-refractivity contribution in [2.75, 3.05) is 6.26 Å². The lowest BCUT2D eigenvalue weighted by Crippen LogP contribution is -2.42. The van der Waals surface area contributed by atoms with E-state index in [0.29, 0.717) is 11.3 Å². The van der Waals surface area contributed by atoms with Gasteiger partial charge in [0.25, 0.3) is 10.1 Å². The van der Waals surface area contributed by atoms with Crippen LogP contribution in [0.1, 0.15) is 0 Å². The largest absolute Gasteiger partial charge is 0.307 e. The SMILES string of the molecule is CS(=O)(=O)O.NC1C=CC(Cl)=CN1N. The van der Waals surface area contributed by atoms with Crippen molar-refractivity contribution in [3.63, 3.8) is 0 Å². The highest BCUT2D eigenvalue weighted by Crippen LogP contribution is 2.09. The first-order chi connectivity index (χ1) is 6.20. The predicted molar refractivity (Wildman–Crippen MR) is 54.6 cm³/mol. The monoisotopic (exact) mass is 241 g/mol. The number of nitrogens with two attached hydrogens (primary N) is 2. The Bertz CT molecular complexity index is 330. The molecule has 82 valence electrons. The molecule has 0 aromatic heterocycles. The molecular weight excluding hydrogens is 230 g/mol. The Morgan fingerprint density at radius 1 is 1.64 bits per heavy atom. The molecule has 0 radical (unpaired) electrons. The summed E-state index contributed by atoms with van der Waals surface area (Å²) in [5.41, 5.74) is 5.45. The highest BCUT2D eigenvalue weighted by atomic mass is 35.5. The minimum Gasteiger partial charge on any atom is -0.307 e. The fourth-order valence-corrected chi connectivity index (χ4v) is 0.747. The van der Waals surface area contributed by atoms with Gasteiger partial charge in [0, 0.05) is 6.20 Å². The summed E-state index contributed by atoms with van der Waals surface area (Å²) in [6.45, 7) is 0. The molecule has 0 amide bonds. The van der Waals surface area contributed by atoms with Gasteiger partial charge in [-0.3, -0.25) is 9.56 Å². The minimum absolute atomic E-state index is 0.243. The first kappa shape index (κ1) is 13.4. The maximum absolute atomic E-state index is 9.19. The van der Waals surface area contributed by atoms with Crippen LogP contribution in [0.25, 0.3) is 0 Å². The average molecular weight is 242 g/mol. The fraction of sp³-hybridized carbons (Fsp3) is 0.333. The van der Waals surface area contributed by atoms with Crippen LogP contribution < -0.4 is 11.6 Å². The summed E-state index contributed by atoms with van der Waals surface area (Å²) in [5.74, 6) is 5.36. The maximum atomic E-state index is 9.19. The van der Waals surface area contributed by atoms with Crippen LogP contribution in [-0.4, -0.2) is 30.4 Å². The van der Waals surface area contributed by atoms with Crippen LogP contribution in [0.3, 0.4) is 0 Å². The zero-order chi connectivity index (χ0) is 11.4. The molecule has 0 saturated heterocycles. The van der Waals surface area contributed by atoms with Crippen molar-refractivity contribution in [2.45, 2.75) is 6.17 Å². The molecule has 14 heavy (non-hydrogen) atoms. The van der Waals surface area contributed by atoms with Crippen molar-refractivity contribution in [3.05, 3.63) is 23.4 Å². The van der Waals surface area contributed by atoms with E-state index in [1.54, 1.807) is 18.4 Å². The molecule has 0 aromatic rings. The third-order valence-electron chi connectivity index (χ3n) is 1.07. The van der Waals surface area contributed by atoms with Crippen LogP contribution in [0.5, 0.6) is 0 Å². The molecule has 1 rings (SSSR count). The topological polar surface area (TPSA) is 110 Å². The zero-order valence-corrected chi connectivity index (χ0v) is 9.03. The molecule has 8 heteroatoms. The average Bonchev–Trinajstić information content (AvgIpc) is 1.94. The van der Waals surface area contributed by atoms with Gasteiger partial charge in [-0.05, 0) is 12.2 Å². The quantitative estimate of drug-likeness (QED) is 0.393. The Hall–Kier alpha value is -0.600. The van der Waals surface area contributed by atoms with E-state index in [1.807, 2.05) is 0 Å². The molecule has 0 fully saturated rings. The lowest BCUT2D eigenvalue weighted by Gasteiger charge is -2.21.